The molecule has 0 bridgehead atoms. The zero-order valence-corrected chi connectivity index (χ0v) is 17.5. The average molecular weight is 435 g/mol. The number of anilines is 2. The van der Waals surface area contributed by atoms with Gasteiger partial charge in [-0.15, -0.1) is 0 Å². The predicted molar refractivity (Wildman–Crippen MR) is 107 cm³/mol. The van der Waals surface area contributed by atoms with E-state index in [0.29, 0.717) is 31.0 Å². The lowest BCUT2D eigenvalue weighted by Gasteiger charge is -2.30. The van der Waals surface area contributed by atoms with Gasteiger partial charge < -0.3 is 19.5 Å². The van der Waals surface area contributed by atoms with E-state index < -0.39 is 5.60 Å². The first-order valence-electron chi connectivity index (χ1n) is 8.72. The number of rotatable bonds is 2. The third kappa shape index (κ3) is 4.68. The van der Waals surface area contributed by atoms with Crippen LogP contribution in [0.25, 0.3) is 0 Å². The Labute approximate surface area is 166 Å². The van der Waals surface area contributed by atoms with Gasteiger partial charge >= 0.3 is 6.09 Å². The fraction of sp³-hybridized carbons (Fsp3) is 0.421. The van der Waals surface area contributed by atoms with Crippen LogP contribution in [0.5, 0.6) is 0 Å². The number of nitrogens with one attached hydrogen (secondary N) is 1. The number of hydrogen-bond donors (Lipinski definition) is 1. The van der Waals surface area contributed by atoms with Crippen molar-refractivity contribution in [3.05, 3.63) is 50.5 Å². The largest absolute Gasteiger partial charge is 0.444 e. The molecule has 0 aliphatic carbocycles. The van der Waals surface area contributed by atoms with Gasteiger partial charge in [0.2, 0.25) is 0 Å². The normalized spacial score (nSPS) is 13.9. The molecule has 2 aromatic heterocycles. The van der Waals surface area contributed by atoms with Crippen LogP contribution < -0.4 is 10.9 Å². The van der Waals surface area contributed by atoms with Crippen molar-refractivity contribution < 1.29 is 9.53 Å². The SMILES string of the molecule is Cn1cc(Br)cc(Nc2ccc3c(n2)CCN(C(=O)OC(C)(C)C)C3)c1=O. The summed E-state index contributed by atoms with van der Waals surface area (Å²) in [6, 6.07) is 5.48. The fourth-order valence-electron chi connectivity index (χ4n) is 2.87. The van der Waals surface area contributed by atoms with Crippen LogP contribution in [0.2, 0.25) is 0 Å². The molecule has 0 fully saturated rings. The summed E-state index contributed by atoms with van der Waals surface area (Å²) >= 11 is 3.39. The molecule has 0 saturated heterocycles. The van der Waals surface area contributed by atoms with Crippen LogP contribution in [-0.2, 0) is 24.8 Å². The number of aryl methyl sites for hydroxylation is 1. The summed E-state index contributed by atoms with van der Waals surface area (Å²) in [6.45, 7) is 6.59. The van der Waals surface area contributed by atoms with E-state index in [1.165, 1.54) is 4.57 Å². The lowest BCUT2D eigenvalue weighted by molar-refractivity contribution is 0.0223. The van der Waals surface area contributed by atoms with Crippen LogP contribution in [0.15, 0.2) is 33.7 Å². The molecular formula is C19H23BrN4O3. The zero-order chi connectivity index (χ0) is 19.8. The highest BCUT2D eigenvalue weighted by Crippen LogP contribution is 2.23. The lowest BCUT2D eigenvalue weighted by Crippen LogP contribution is -2.40. The zero-order valence-electron chi connectivity index (χ0n) is 15.9. The second-order valence-electron chi connectivity index (χ2n) is 7.57. The van der Waals surface area contributed by atoms with Gasteiger partial charge in [0, 0.05) is 36.4 Å². The summed E-state index contributed by atoms with van der Waals surface area (Å²) in [5.74, 6) is 0.606. The van der Waals surface area contributed by atoms with Crippen molar-refractivity contribution in [3.63, 3.8) is 0 Å². The van der Waals surface area contributed by atoms with Gasteiger partial charge in [-0.25, -0.2) is 9.78 Å². The molecule has 1 aliphatic rings. The Morgan fingerprint density at radius 3 is 2.78 bits per heavy atom. The smallest absolute Gasteiger partial charge is 0.410 e. The summed E-state index contributed by atoms with van der Waals surface area (Å²) in [5.41, 5.74) is 1.71. The molecule has 0 spiro atoms. The molecule has 7 nitrogen and oxygen atoms in total. The van der Waals surface area contributed by atoms with Gasteiger partial charge in [-0.05, 0) is 54.4 Å². The highest BCUT2D eigenvalue weighted by molar-refractivity contribution is 9.10. The Balaban J connectivity index is 1.76. The molecule has 1 amide bonds. The molecule has 0 saturated carbocycles. The minimum absolute atomic E-state index is 0.131. The van der Waals surface area contributed by atoms with Crippen LogP contribution in [0.4, 0.5) is 16.3 Å². The van der Waals surface area contributed by atoms with Gasteiger partial charge in [0.05, 0.1) is 6.54 Å². The van der Waals surface area contributed by atoms with E-state index in [1.54, 1.807) is 24.2 Å². The van der Waals surface area contributed by atoms with Crippen LogP contribution in [0, 0.1) is 0 Å². The number of aromatic nitrogens is 2. The minimum atomic E-state index is -0.514. The maximum Gasteiger partial charge on any atom is 0.410 e. The highest BCUT2D eigenvalue weighted by Gasteiger charge is 2.26. The van der Waals surface area contributed by atoms with Gasteiger partial charge in [-0.2, -0.15) is 0 Å². The number of carbonyl (C=O) groups excluding carboxylic acids is 1. The van der Waals surface area contributed by atoms with E-state index >= 15 is 0 Å². The molecule has 1 N–H and O–H groups in total. The molecule has 8 heteroatoms. The number of hydrogen-bond acceptors (Lipinski definition) is 5. The standard InChI is InChI=1S/C19H23BrN4O3/c1-19(2,3)27-18(26)24-8-7-14-12(10-24)5-6-16(21-14)22-15-9-13(20)11-23(4)17(15)25/h5-6,9,11H,7-8,10H2,1-4H3,(H,21,22). The number of pyridine rings is 2. The van der Waals surface area contributed by atoms with Gasteiger partial charge in [-0.1, -0.05) is 6.07 Å². The quantitative estimate of drug-likeness (QED) is 0.781. The summed E-state index contributed by atoms with van der Waals surface area (Å²) in [5, 5.41) is 3.09. The Kier molecular flexibility index (Phi) is 5.28. The van der Waals surface area contributed by atoms with E-state index in [9.17, 15) is 9.59 Å². The Morgan fingerprint density at radius 2 is 2.07 bits per heavy atom. The number of nitrogens with zero attached hydrogens (tertiary/aromatic N) is 3. The van der Waals surface area contributed by atoms with Crippen molar-refractivity contribution in [2.75, 3.05) is 11.9 Å². The molecular weight excluding hydrogens is 412 g/mol. The van der Waals surface area contributed by atoms with Crippen molar-refractivity contribution >= 4 is 33.5 Å². The third-order valence-corrected chi connectivity index (χ3v) is 4.55. The monoisotopic (exact) mass is 434 g/mol. The summed E-state index contributed by atoms with van der Waals surface area (Å²) in [7, 11) is 1.70. The number of amides is 1. The number of carbonyl (C=O) groups is 1. The Morgan fingerprint density at radius 1 is 1.33 bits per heavy atom. The van der Waals surface area contributed by atoms with E-state index in [4.69, 9.17) is 4.74 Å². The molecule has 3 rings (SSSR count). The van der Waals surface area contributed by atoms with Crippen LogP contribution in [0.1, 0.15) is 32.0 Å². The molecule has 0 aromatic carbocycles. The topological polar surface area (TPSA) is 76.5 Å². The van der Waals surface area contributed by atoms with E-state index in [0.717, 1.165) is 15.7 Å². The average Bonchev–Trinajstić information content (AvgIpc) is 2.57. The Bertz CT molecular complexity index is 934. The predicted octanol–water partition coefficient (Wildman–Crippen LogP) is 3.58. The molecule has 3 heterocycles. The first-order valence-corrected chi connectivity index (χ1v) is 9.51. The number of halogens is 1. The maximum absolute atomic E-state index is 12.3. The van der Waals surface area contributed by atoms with E-state index in [2.05, 4.69) is 26.2 Å². The molecule has 1 aliphatic heterocycles. The van der Waals surface area contributed by atoms with E-state index in [-0.39, 0.29) is 11.7 Å². The van der Waals surface area contributed by atoms with E-state index in [1.807, 2.05) is 32.9 Å². The third-order valence-electron chi connectivity index (χ3n) is 4.11. The fourth-order valence-corrected chi connectivity index (χ4v) is 3.40. The molecule has 144 valence electrons. The van der Waals surface area contributed by atoms with Crippen LogP contribution in [-0.4, -0.2) is 32.7 Å². The van der Waals surface area contributed by atoms with Gasteiger partial charge in [0.15, 0.2) is 0 Å². The molecule has 0 unspecified atom stereocenters. The first-order chi connectivity index (χ1) is 12.6. The van der Waals surface area contributed by atoms with Gasteiger partial charge in [0.25, 0.3) is 5.56 Å². The van der Waals surface area contributed by atoms with Crippen molar-refractivity contribution in [2.45, 2.75) is 39.3 Å². The van der Waals surface area contributed by atoms with Gasteiger partial charge in [-0.3, -0.25) is 4.79 Å². The lowest BCUT2D eigenvalue weighted by atomic mass is 10.1. The molecule has 0 atom stereocenters. The highest BCUT2D eigenvalue weighted by atomic mass is 79.9. The number of fused-ring (bicyclic) bond motifs is 1. The second-order valence-corrected chi connectivity index (χ2v) is 8.48. The second kappa shape index (κ2) is 7.34. The number of ether oxygens (including phenoxy) is 1. The summed E-state index contributed by atoms with van der Waals surface area (Å²) in [6.07, 6.45) is 2.03. The first kappa shape index (κ1) is 19.4. The molecule has 27 heavy (non-hydrogen) atoms. The summed E-state index contributed by atoms with van der Waals surface area (Å²) in [4.78, 5) is 30.8. The van der Waals surface area contributed by atoms with Crippen LogP contribution >= 0.6 is 15.9 Å². The maximum atomic E-state index is 12.3. The molecule has 2 aromatic rings. The van der Waals surface area contributed by atoms with Crippen molar-refractivity contribution in [1.82, 2.24) is 14.5 Å². The van der Waals surface area contributed by atoms with Gasteiger partial charge in [0.1, 0.15) is 17.1 Å². The summed E-state index contributed by atoms with van der Waals surface area (Å²) < 4.78 is 7.75. The van der Waals surface area contributed by atoms with Crippen molar-refractivity contribution in [1.29, 1.82) is 0 Å². The Hall–Kier alpha value is -2.35. The van der Waals surface area contributed by atoms with Crippen molar-refractivity contribution in [2.24, 2.45) is 7.05 Å². The van der Waals surface area contributed by atoms with Crippen molar-refractivity contribution in [3.8, 4) is 0 Å². The molecule has 0 radical (unpaired) electrons. The minimum Gasteiger partial charge on any atom is -0.444 e. The van der Waals surface area contributed by atoms with Crippen LogP contribution in [0.3, 0.4) is 0 Å².